The minimum Gasteiger partial charge on any atom is -0.383 e. The molecular formula is C15H28N4O. The monoisotopic (exact) mass is 280 g/mol. The molecule has 1 atom stereocenters. The average molecular weight is 280 g/mol. The molecule has 1 aliphatic rings. The van der Waals surface area contributed by atoms with Crippen LogP contribution in [-0.4, -0.2) is 48.9 Å². The van der Waals surface area contributed by atoms with Crippen LogP contribution in [0.1, 0.15) is 32.4 Å². The summed E-state index contributed by atoms with van der Waals surface area (Å²) in [4.78, 5) is 7.28. The largest absolute Gasteiger partial charge is 0.383 e. The number of hydrogen-bond acceptors (Lipinski definition) is 4. The van der Waals surface area contributed by atoms with Crippen LogP contribution in [0.15, 0.2) is 6.20 Å². The van der Waals surface area contributed by atoms with E-state index in [1.807, 2.05) is 0 Å². The van der Waals surface area contributed by atoms with Crippen molar-refractivity contribution in [2.24, 2.45) is 0 Å². The van der Waals surface area contributed by atoms with Gasteiger partial charge in [-0.2, -0.15) is 0 Å². The van der Waals surface area contributed by atoms with Gasteiger partial charge in [-0.05, 0) is 32.7 Å². The van der Waals surface area contributed by atoms with Crippen LogP contribution in [-0.2, 0) is 17.7 Å². The maximum Gasteiger partial charge on any atom is 0.206 e. The van der Waals surface area contributed by atoms with Crippen molar-refractivity contribution < 1.29 is 4.74 Å². The van der Waals surface area contributed by atoms with E-state index in [1.54, 1.807) is 7.11 Å². The SMILES string of the molecule is CCc1cn(CCOC)c(N(CC)C2CCCNC2)n1. The fourth-order valence-electron chi connectivity index (χ4n) is 2.88. The topological polar surface area (TPSA) is 42.3 Å². The van der Waals surface area contributed by atoms with Gasteiger partial charge in [-0.25, -0.2) is 4.98 Å². The van der Waals surface area contributed by atoms with Crippen molar-refractivity contribution in [3.05, 3.63) is 11.9 Å². The molecule has 0 aromatic carbocycles. The fraction of sp³-hybridized carbons (Fsp3) is 0.800. The Labute approximate surface area is 122 Å². The standard InChI is InChI=1S/C15H28N4O/c1-4-13-12-18(9-10-20-3)15(17-13)19(5-2)14-7-6-8-16-11-14/h12,14,16H,4-11H2,1-3H3. The molecule has 1 saturated heterocycles. The van der Waals surface area contributed by atoms with E-state index in [2.05, 4.69) is 34.8 Å². The molecule has 0 bridgehead atoms. The molecule has 1 N–H and O–H groups in total. The first-order chi connectivity index (χ1) is 9.80. The third-order valence-electron chi connectivity index (χ3n) is 4.01. The highest BCUT2D eigenvalue weighted by molar-refractivity contribution is 5.35. The van der Waals surface area contributed by atoms with Crippen LogP contribution in [0.4, 0.5) is 5.95 Å². The summed E-state index contributed by atoms with van der Waals surface area (Å²) in [6, 6.07) is 0.558. The van der Waals surface area contributed by atoms with Gasteiger partial charge in [-0.1, -0.05) is 6.92 Å². The number of aryl methyl sites for hydroxylation is 1. The molecule has 1 aromatic rings. The molecule has 0 spiro atoms. The number of piperidine rings is 1. The van der Waals surface area contributed by atoms with Crippen LogP contribution >= 0.6 is 0 Å². The predicted molar refractivity (Wildman–Crippen MR) is 82.4 cm³/mol. The van der Waals surface area contributed by atoms with E-state index in [0.717, 1.165) is 45.2 Å². The molecule has 20 heavy (non-hydrogen) atoms. The Kier molecular flexibility index (Phi) is 5.86. The first-order valence-corrected chi connectivity index (χ1v) is 7.82. The number of methoxy groups -OCH3 is 1. The molecule has 0 amide bonds. The van der Waals surface area contributed by atoms with Crippen molar-refractivity contribution >= 4 is 5.95 Å². The quantitative estimate of drug-likeness (QED) is 0.825. The molecule has 1 fully saturated rings. The van der Waals surface area contributed by atoms with Gasteiger partial charge in [0.1, 0.15) is 0 Å². The van der Waals surface area contributed by atoms with E-state index in [-0.39, 0.29) is 0 Å². The van der Waals surface area contributed by atoms with Crippen molar-refractivity contribution in [3.63, 3.8) is 0 Å². The molecule has 1 unspecified atom stereocenters. The third kappa shape index (κ3) is 3.52. The van der Waals surface area contributed by atoms with E-state index in [1.165, 1.54) is 18.5 Å². The molecule has 0 aliphatic carbocycles. The van der Waals surface area contributed by atoms with Crippen molar-refractivity contribution in [1.82, 2.24) is 14.9 Å². The van der Waals surface area contributed by atoms with Gasteiger partial charge in [-0.15, -0.1) is 0 Å². The van der Waals surface area contributed by atoms with Crippen molar-refractivity contribution in [2.45, 2.75) is 45.7 Å². The number of nitrogens with zero attached hydrogens (tertiary/aromatic N) is 3. The first-order valence-electron chi connectivity index (χ1n) is 7.82. The zero-order valence-corrected chi connectivity index (χ0v) is 13.1. The molecular weight excluding hydrogens is 252 g/mol. The van der Waals surface area contributed by atoms with Crippen molar-refractivity contribution in [3.8, 4) is 0 Å². The summed E-state index contributed by atoms with van der Waals surface area (Å²) in [7, 11) is 1.75. The molecule has 2 rings (SSSR count). The summed E-state index contributed by atoms with van der Waals surface area (Å²) in [5.74, 6) is 1.11. The number of aromatic nitrogens is 2. The lowest BCUT2D eigenvalue weighted by atomic mass is 10.1. The van der Waals surface area contributed by atoms with E-state index < -0.39 is 0 Å². The smallest absolute Gasteiger partial charge is 0.206 e. The highest BCUT2D eigenvalue weighted by atomic mass is 16.5. The number of rotatable bonds is 7. The van der Waals surface area contributed by atoms with Crippen LogP contribution in [0.25, 0.3) is 0 Å². The molecule has 0 saturated carbocycles. The molecule has 2 heterocycles. The Hall–Kier alpha value is -1.07. The third-order valence-corrected chi connectivity index (χ3v) is 4.01. The van der Waals surface area contributed by atoms with Gasteiger partial charge >= 0.3 is 0 Å². The zero-order chi connectivity index (χ0) is 14.4. The average Bonchev–Trinajstić information content (AvgIpc) is 2.90. The summed E-state index contributed by atoms with van der Waals surface area (Å²) in [6.45, 7) is 9.18. The second kappa shape index (κ2) is 7.64. The minimum atomic E-state index is 0.558. The van der Waals surface area contributed by atoms with Crippen LogP contribution in [0.5, 0.6) is 0 Å². The van der Waals surface area contributed by atoms with Crippen LogP contribution < -0.4 is 10.2 Å². The van der Waals surface area contributed by atoms with Crippen LogP contribution in [0.3, 0.4) is 0 Å². The zero-order valence-electron chi connectivity index (χ0n) is 13.1. The number of ether oxygens (including phenoxy) is 1. The number of hydrogen-bond donors (Lipinski definition) is 1. The van der Waals surface area contributed by atoms with Gasteiger partial charge in [0.15, 0.2) is 0 Å². The van der Waals surface area contributed by atoms with Gasteiger partial charge in [0.05, 0.1) is 12.3 Å². The Morgan fingerprint density at radius 2 is 2.35 bits per heavy atom. The molecule has 5 heteroatoms. The number of anilines is 1. The maximum atomic E-state index is 5.22. The van der Waals surface area contributed by atoms with Crippen LogP contribution in [0.2, 0.25) is 0 Å². The molecule has 5 nitrogen and oxygen atoms in total. The second-order valence-corrected chi connectivity index (χ2v) is 5.36. The van der Waals surface area contributed by atoms with E-state index in [9.17, 15) is 0 Å². The lowest BCUT2D eigenvalue weighted by Crippen LogP contribution is -2.47. The molecule has 0 radical (unpaired) electrons. The molecule has 114 valence electrons. The van der Waals surface area contributed by atoms with Crippen molar-refractivity contribution in [1.29, 1.82) is 0 Å². The predicted octanol–water partition coefficient (Wildman–Crippen LogP) is 1.67. The highest BCUT2D eigenvalue weighted by Gasteiger charge is 2.23. The second-order valence-electron chi connectivity index (χ2n) is 5.36. The van der Waals surface area contributed by atoms with E-state index in [0.29, 0.717) is 6.04 Å². The van der Waals surface area contributed by atoms with Gasteiger partial charge < -0.3 is 19.5 Å². The van der Waals surface area contributed by atoms with Gasteiger partial charge in [0.2, 0.25) is 5.95 Å². The highest BCUT2D eigenvalue weighted by Crippen LogP contribution is 2.21. The summed E-state index contributed by atoms with van der Waals surface area (Å²) >= 11 is 0. The van der Waals surface area contributed by atoms with Crippen molar-refractivity contribution in [2.75, 3.05) is 38.3 Å². The van der Waals surface area contributed by atoms with Gasteiger partial charge in [-0.3, -0.25) is 0 Å². The Bertz CT molecular complexity index is 399. The summed E-state index contributed by atoms with van der Waals surface area (Å²) in [5.41, 5.74) is 1.17. The Morgan fingerprint density at radius 3 is 2.95 bits per heavy atom. The molecule has 1 aromatic heterocycles. The molecule has 1 aliphatic heterocycles. The first kappa shape index (κ1) is 15.3. The number of nitrogens with one attached hydrogen (secondary N) is 1. The van der Waals surface area contributed by atoms with E-state index in [4.69, 9.17) is 9.72 Å². The minimum absolute atomic E-state index is 0.558. The van der Waals surface area contributed by atoms with Crippen LogP contribution in [0, 0.1) is 0 Å². The van der Waals surface area contributed by atoms with Gasteiger partial charge in [0, 0.05) is 39.0 Å². The van der Waals surface area contributed by atoms with E-state index >= 15 is 0 Å². The summed E-state index contributed by atoms with van der Waals surface area (Å²) < 4.78 is 7.47. The number of likely N-dealkylation sites (N-methyl/N-ethyl adjacent to an activating group) is 1. The maximum absolute atomic E-state index is 5.22. The normalized spacial score (nSPS) is 19.2. The Morgan fingerprint density at radius 1 is 1.50 bits per heavy atom. The fourth-order valence-corrected chi connectivity index (χ4v) is 2.88. The lowest BCUT2D eigenvalue weighted by Gasteiger charge is -2.35. The summed E-state index contributed by atoms with van der Waals surface area (Å²) in [6.07, 6.45) is 5.65. The lowest BCUT2D eigenvalue weighted by molar-refractivity contribution is 0.187. The number of imidazole rings is 1. The summed E-state index contributed by atoms with van der Waals surface area (Å²) in [5, 5.41) is 3.50. The van der Waals surface area contributed by atoms with Gasteiger partial charge in [0.25, 0.3) is 0 Å². The Balaban J connectivity index is 2.19.